The second-order valence-electron chi connectivity index (χ2n) is 4.53. The lowest BCUT2D eigenvalue weighted by atomic mass is 10.2. The summed E-state index contributed by atoms with van der Waals surface area (Å²) in [7, 11) is 3.60. The average Bonchev–Trinajstić information content (AvgIpc) is 2.53. The molecule has 0 aromatic heterocycles. The third-order valence-corrected chi connectivity index (χ3v) is 3.94. The first-order valence-corrected chi connectivity index (χ1v) is 7.94. The van der Waals surface area contributed by atoms with Gasteiger partial charge in [0.1, 0.15) is 0 Å². The van der Waals surface area contributed by atoms with Crippen molar-refractivity contribution < 1.29 is 9.47 Å². The minimum absolute atomic E-state index is 0.652. The summed E-state index contributed by atoms with van der Waals surface area (Å²) in [6.45, 7) is 1.47. The quantitative estimate of drug-likeness (QED) is 0.596. The van der Waals surface area contributed by atoms with Crippen LogP contribution in [0.1, 0.15) is 5.56 Å². The van der Waals surface area contributed by atoms with E-state index in [1.54, 1.807) is 18.9 Å². The van der Waals surface area contributed by atoms with Gasteiger partial charge >= 0.3 is 0 Å². The number of rotatable bonds is 8. The molecule has 1 N–H and O–H groups in total. The molecule has 0 aliphatic carbocycles. The van der Waals surface area contributed by atoms with Gasteiger partial charge in [0.2, 0.25) is 0 Å². The molecule has 2 rings (SSSR count). The van der Waals surface area contributed by atoms with Crippen LogP contribution in [0.5, 0.6) is 11.5 Å². The van der Waals surface area contributed by atoms with Gasteiger partial charge in [-0.1, -0.05) is 24.3 Å². The Labute approximate surface area is 130 Å². The van der Waals surface area contributed by atoms with E-state index in [9.17, 15) is 0 Å². The highest BCUT2D eigenvalue weighted by atomic mass is 32.2. The fourth-order valence-corrected chi connectivity index (χ4v) is 2.73. The number of methoxy groups -OCH3 is 1. The predicted octanol–water partition coefficient (Wildman–Crippen LogP) is 3.59. The van der Waals surface area contributed by atoms with Crippen molar-refractivity contribution in [2.75, 3.05) is 26.5 Å². The zero-order valence-electron chi connectivity index (χ0n) is 12.5. The molecule has 0 heterocycles. The summed E-state index contributed by atoms with van der Waals surface area (Å²) in [5.74, 6) is 2.49. The molecular formula is C17H21NO2S. The average molecular weight is 303 g/mol. The predicted molar refractivity (Wildman–Crippen MR) is 88.4 cm³/mol. The van der Waals surface area contributed by atoms with E-state index >= 15 is 0 Å². The summed E-state index contributed by atoms with van der Waals surface area (Å²) in [6, 6.07) is 16.4. The molecular weight excluding hydrogens is 282 g/mol. The van der Waals surface area contributed by atoms with E-state index < -0.39 is 0 Å². The molecule has 0 amide bonds. The zero-order chi connectivity index (χ0) is 14.9. The summed E-state index contributed by atoms with van der Waals surface area (Å²) in [4.78, 5) is 1.26. The van der Waals surface area contributed by atoms with Crippen LogP contribution in [0, 0.1) is 0 Å². The number of thioether (sulfide) groups is 1. The van der Waals surface area contributed by atoms with Crippen molar-refractivity contribution in [3.63, 3.8) is 0 Å². The normalized spacial score (nSPS) is 10.4. The molecule has 112 valence electrons. The molecule has 0 bridgehead atoms. The van der Waals surface area contributed by atoms with Gasteiger partial charge in [0.25, 0.3) is 0 Å². The van der Waals surface area contributed by atoms with Crippen molar-refractivity contribution in [3.05, 3.63) is 54.1 Å². The summed E-state index contributed by atoms with van der Waals surface area (Å²) >= 11 is 1.79. The lowest BCUT2D eigenvalue weighted by molar-refractivity contribution is 0.313. The van der Waals surface area contributed by atoms with E-state index in [-0.39, 0.29) is 0 Å². The van der Waals surface area contributed by atoms with Gasteiger partial charge in [0.15, 0.2) is 11.5 Å². The largest absolute Gasteiger partial charge is 0.493 e. The first-order valence-electron chi connectivity index (χ1n) is 6.95. The van der Waals surface area contributed by atoms with Gasteiger partial charge in [0.05, 0.1) is 13.7 Å². The highest BCUT2D eigenvalue weighted by Crippen LogP contribution is 2.28. The Balaban J connectivity index is 1.88. The van der Waals surface area contributed by atoms with E-state index in [2.05, 4.69) is 17.4 Å². The van der Waals surface area contributed by atoms with Crippen LogP contribution in [0.25, 0.3) is 0 Å². The van der Waals surface area contributed by atoms with Crippen molar-refractivity contribution in [1.82, 2.24) is 5.32 Å². The minimum atomic E-state index is 0.652. The van der Waals surface area contributed by atoms with E-state index in [1.165, 1.54) is 10.5 Å². The highest BCUT2D eigenvalue weighted by Gasteiger charge is 2.05. The van der Waals surface area contributed by atoms with Gasteiger partial charge in [-0.15, -0.1) is 11.8 Å². The molecule has 2 aromatic rings. The maximum atomic E-state index is 5.86. The first kappa shape index (κ1) is 15.7. The van der Waals surface area contributed by atoms with Crippen LogP contribution in [0.2, 0.25) is 0 Å². The number of benzene rings is 2. The molecule has 0 saturated heterocycles. The molecule has 0 fully saturated rings. The number of nitrogens with one attached hydrogen (secondary N) is 1. The van der Waals surface area contributed by atoms with E-state index in [0.717, 1.165) is 23.8 Å². The lowest BCUT2D eigenvalue weighted by Gasteiger charge is -2.12. The Hall–Kier alpha value is -1.65. The summed E-state index contributed by atoms with van der Waals surface area (Å²) in [5, 5.41) is 3.14. The molecule has 0 spiro atoms. The molecule has 3 nitrogen and oxygen atoms in total. The Morgan fingerprint density at radius 2 is 1.86 bits per heavy atom. The first-order chi connectivity index (χ1) is 10.3. The lowest BCUT2D eigenvalue weighted by Crippen LogP contribution is -2.06. The maximum absolute atomic E-state index is 5.86. The van der Waals surface area contributed by atoms with Crippen LogP contribution >= 0.6 is 11.8 Å². The van der Waals surface area contributed by atoms with Gasteiger partial charge in [-0.05, 0) is 36.9 Å². The van der Waals surface area contributed by atoms with Crippen LogP contribution in [-0.4, -0.2) is 26.5 Å². The van der Waals surface area contributed by atoms with Gasteiger partial charge in [-0.3, -0.25) is 0 Å². The summed E-state index contributed by atoms with van der Waals surface area (Å²) < 4.78 is 11.2. The molecule has 4 heteroatoms. The fraction of sp³-hybridized carbons (Fsp3) is 0.294. The second-order valence-corrected chi connectivity index (χ2v) is 5.69. The van der Waals surface area contributed by atoms with E-state index in [1.807, 2.05) is 43.4 Å². The third kappa shape index (κ3) is 4.99. The number of hydrogen-bond acceptors (Lipinski definition) is 4. The van der Waals surface area contributed by atoms with Gasteiger partial charge in [0, 0.05) is 17.2 Å². The van der Waals surface area contributed by atoms with Crippen LogP contribution in [0.15, 0.2) is 53.4 Å². The smallest absolute Gasteiger partial charge is 0.161 e. The van der Waals surface area contributed by atoms with Crippen LogP contribution in [-0.2, 0) is 6.54 Å². The number of hydrogen-bond donors (Lipinski definition) is 1. The second kappa shape index (κ2) is 8.60. The van der Waals surface area contributed by atoms with Gasteiger partial charge in [-0.2, -0.15) is 0 Å². The van der Waals surface area contributed by atoms with Crippen molar-refractivity contribution in [1.29, 1.82) is 0 Å². The summed E-state index contributed by atoms with van der Waals surface area (Å²) in [6.07, 6.45) is 0. The van der Waals surface area contributed by atoms with Crippen LogP contribution in [0.4, 0.5) is 0 Å². The fourth-order valence-electron chi connectivity index (χ4n) is 1.98. The standard InChI is InChI=1S/C17H21NO2S/c1-18-13-14-8-9-16(19-2)17(12-14)20-10-11-21-15-6-4-3-5-7-15/h3-9,12,18H,10-11,13H2,1-2H3. The van der Waals surface area contributed by atoms with Gasteiger partial charge in [-0.25, -0.2) is 0 Å². The maximum Gasteiger partial charge on any atom is 0.161 e. The molecule has 0 saturated carbocycles. The van der Waals surface area contributed by atoms with Crippen LogP contribution < -0.4 is 14.8 Å². The molecule has 0 atom stereocenters. The summed E-state index contributed by atoms with van der Waals surface area (Å²) in [5.41, 5.74) is 1.18. The molecule has 21 heavy (non-hydrogen) atoms. The van der Waals surface area contributed by atoms with Crippen molar-refractivity contribution in [2.24, 2.45) is 0 Å². The molecule has 0 radical (unpaired) electrons. The number of ether oxygens (including phenoxy) is 2. The Morgan fingerprint density at radius 1 is 1.05 bits per heavy atom. The Morgan fingerprint density at radius 3 is 2.57 bits per heavy atom. The Bertz CT molecular complexity index is 546. The SMILES string of the molecule is CNCc1ccc(OC)c(OCCSc2ccccc2)c1. The molecule has 2 aromatic carbocycles. The van der Waals surface area contributed by atoms with E-state index in [4.69, 9.17) is 9.47 Å². The highest BCUT2D eigenvalue weighted by molar-refractivity contribution is 7.99. The van der Waals surface area contributed by atoms with Crippen molar-refractivity contribution in [3.8, 4) is 11.5 Å². The van der Waals surface area contributed by atoms with E-state index in [0.29, 0.717) is 6.61 Å². The molecule has 0 aliphatic heterocycles. The van der Waals surface area contributed by atoms with Crippen molar-refractivity contribution >= 4 is 11.8 Å². The van der Waals surface area contributed by atoms with Gasteiger partial charge < -0.3 is 14.8 Å². The molecule has 0 aliphatic rings. The molecule has 0 unspecified atom stereocenters. The monoisotopic (exact) mass is 303 g/mol. The minimum Gasteiger partial charge on any atom is -0.493 e. The zero-order valence-corrected chi connectivity index (χ0v) is 13.3. The van der Waals surface area contributed by atoms with Crippen LogP contribution in [0.3, 0.4) is 0 Å². The third-order valence-electron chi connectivity index (χ3n) is 2.96. The Kier molecular flexibility index (Phi) is 6.44. The topological polar surface area (TPSA) is 30.5 Å². The van der Waals surface area contributed by atoms with Crippen molar-refractivity contribution in [2.45, 2.75) is 11.4 Å².